The van der Waals surface area contributed by atoms with E-state index < -0.39 is 0 Å². The molecule has 3 nitrogen and oxygen atoms in total. The van der Waals surface area contributed by atoms with E-state index >= 15 is 0 Å². The minimum absolute atomic E-state index is 0.00463. The highest BCUT2D eigenvalue weighted by Crippen LogP contribution is 2.23. The first-order valence-corrected chi connectivity index (χ1v) is 9.45. The summed E-state index contributed by atoms with van der Waals surface area (Å²) in [5.74, 6) is -0.0748. The van der Waals surface area contributed by atoms with Gasteiger partial charge in [-0.2, -0.15) is 0 Å². The van der Waals surface area contributed by atoms with Crippen molar-refractivity contribution in [2.45, 2.75) is 73.1 Å². The van der Waals surface area contributed by atoms with Crippen molar-refractivity contribution in [3.8, 4) is 0 Å². The SMILES string of the molecule is CC(C)=CCCC(C)=CCC(C)(C)COC(=O)CN1CCCCC1. The molecule has 0 atom stereocenters. The Bertz CT molecular complexity index is 439. The quantitative estimate of drug-likeness (QED) is 0.432. The first kappa shape index (κ1) is 21.0. The van der Waals surface area contributed by atoms with Gasteiger partial charge in [0.25, 0.3) is 0 Å². The number of rotatable bonds is 9. The molecule has 0 N–H and O–H groups in total. The first-order valence-electron chi connectivity index (χ1n) is 9.45. The van der Waals surface area contributed by atoms with E-state index in [1.807, 2.05) is 0 Å². The molecule has 3 heteroatoms. The van der Waals surface area contributed by atoms with E-state index in [9.17, 15) is 4.79 Å². The summed E-state index contributed by atoms with van der Waals surface area (Å²) in [6.07, 6.45) is 11.4. The molecule has 0 aromatic heterocycles. The smallest absolute Gasteiger partial charge is 0.320 e. The third-order valence-electron chi connectivity index (χ3n) is 4.52. The van der Waals surface area contributed by atoms with Crippen LogP contribution in [0, 0.1) is 5.41 Å². The predicted molar refractivity (Wildman–Crippen MR) is 102 cm³/mol. The van der Waals surface area contributed by atoms with Gasteiger partial charge in [-0.3, -0.25) is 9.69 Å². The van der Waals surface area contributed by atoms with Gasteiger partial charge in [0.1, 0.15) is 0 Å². The maximum absolute atomic E-state index is 12.0. The molecule has 1 saturated heterocycles. The van der Waals surface area contributed by atoms with Crippen LogP contribution in [0.2, 0.25) is 0 Å². The summed E-state index contributed by atoms with van der Waals surface area (Å²) >= 11 is 0. The number of allylic oxidation sites excluding steroid dienone is 4. The average Bonchev–Trinajstić information content (AvgIpc) is 2.52. The molecule has 0 spiro atoms. The lowest BCUT2D eigenvalue weighted by Gasteiger charge is -2.27. The van der Waals surface area contributed by atoms with Crippen LogP contribution in [0.25, 0.3) is 0 Å². The van der Waals surface area contributed by atoms with Crippen molar-refractivity contribution < 1.29 is 9.53 Å². The highest BCUT2D eigenvalue weighted by molar-refractivity contribution is 5.71. The van der Waals surface area contributed by atoms with Crippen molar-refractivity contribution in [2.24, 2.45) is 5.41 Å². The van der Waals surface area contributed by atoms with Crippen LogP contribution in [0.3, 0.4) is 0 Å². The molecule has 0 amide bonds. The number of carbonyl (C=O) groups is 1. The van der Waals surface area contributed by atoms with Crippen molar-refractivity contribution in [2.75, 3.05) is 26.2 Å². The predicted octanol–water partition coefficient (Wildman–Crippen LogP) is 5.12. The summed E-state index contributed by atoms with van der Waals surface area (Å²) in [4.78, 5) is 14.2. The standard InChI is InChI=1S/C21H37NO2/c1-18(2)10-9-11-19(3)12-13-21(4,5)17-24-20(23)16-22-14-7-6-8-15-22/h10,12H,6-9,11,13-17H2,1-5H3. The molecule has 0 aliphatic carbocycles. The number of hydrogen-bond donors (Lipinski definition) is 0. The van der Waals surface area contributed by atoms with Gasteiger partial charge in [-0.15, -0.1) is 0 Å². The number of hydrogen-bond acceptors (Lipinski definition) is 3. The topological polar surface area (TPSA) is 29.5 Å². The Morgan fingerprint density at radius 1 is 1.08 bits per heavy atom. The molecule has 1 aliphatic heterocycles. The van der Waals surface area contributed by atoms with E-state index in [0.717, 1.165) is 32.4 Å². The molecule has 0 unspecified atom stereocenters. The van der Waals surface area contributed by atoms with E-state index in [1.165, 1.54) is 30.4 Å². The molecule has 1 heterocycles. The van der Waals surface area contributed by atoms with Gasteiger partial charge in [-0.1, -0.05) is 43.6 Å². The molecule has 0 aromatic rings. The number of piperidine rings is 1. The molecule has 0 bridgehead atoms. The summed E-state index contributed by atoms with van der Waals surface area (Å²) in [6.45, 7) is 13.8. The molecule has 0 saturated carbocycles. The van der Waals surface area contributed by atoms with Gasteiger partial charge in [-0.25, -0.2) is 0 Å². The van der Waals surface area contributed by atoms with Gasteiger partial charge in [0.15, 0.2) is 0 Å². The van der Waals surface area contributed by atoms with E-state index in [0.29, 0.717) is 13.2 Å². The Hall–Kier alpha value is -1.09. The van der Waals surface area contributed by atoms with Crippen LogP contribution in [0.4, 0.5) is 0 Å². The van der Waals surface area contributed by atoms with Gasteiger partial charge in [-0.05, 0) is 66.0 Å². The fourth-order valence-corrected chi connectivity index (χ4v) is 2.82. The second-order valence-corrected chi connectivity index (χ2v) is 8.24. The zero-order valence-electron chi connectivity index (χ0n) is 16.5. The van der Waals surface area contributed by atoms with Gasteiger partial charge < -0.3 is 4.74 Å². The highest BCUT2D eigenvalue weighted by atomic mass is 16.5. The molecule has 1 fully saturated rings. The zero-order valence-corrected chi connectivity index (χ0v) is 16.5. The summed E-state index contributed by atoms with van der Waals surface area (Å²) in [5, 5.41) is 0. The Balaban J connectivity index is 2.28. The molecule has 138 valence electrons. The van der Waals surface area contributed by atoms with Gasteiger partial charge in [0, 0.05) is 5.41 Å². The molecular weight excluding hydrogens is 298 g/mol. The summed E-state index contributed by atoms with van der Waals surface area (Å²) in [5.41, 5.74) is 2.79. The average molecular weight is 336 g/mol. The van der Waals surface area contributed by atoms with Crippen molar-refractivity contribution in [3.05, 3.63) is 23.3 Å². The van der Waals surface area contributed by atoms with Gasteiger partial charge in [0.05, 0.1) is 13.2 Å². The minimum atomic E-state index is -0.0748. The van der Waals surface area contributed by atoms with Crippen LogP contribution in [0.15, 0.2) is 23.3 Å². The van der Waals surface area contributed by atoms with E-state index in [4.69, 9.17) is 4.74 Å². The lowest BCUT2D eigenvalue weighted by molar-refractivity contribution is -0.148. The van der Waals surface area contributed by atoms with Crippen LogP contribution in [-0.4, -0.2) is 37.1 Å². The number of carbonyl (C=O) groups excluding carboxylic acids is 1. The molecule has 24 heavy (non-hydrogen) atoms. The third-order valence-corrected chi connectivity index (χ3v) is 4.52. The van der Waals surface area contributed by atoms with Crippen LogP contribution in [0.5, 0.6) is 0 Å². The number of nitrogens with zero attached hydrogens (tertiary/aromatic N) is 1. The zero-order chi connectivity index (χ0) is 18.0. The Morgan fingerprint density at radius 3 is 2.38 bits per heavy atom. The Morgan fingerprint density at radius 2 is 1.75 bits per heavy atom. The van der Waals surface area contributed by atoms with Crippen LogP contribution in [0.1, 0.15) is 73.1 Å². The van der Waals surface area contributed by atoms with Crippen molar-refractivity contribution in [1.29, 1.82) is 0 Å². The van der Waals surface area contributed by atoms with E-state index in [-0.39, 0.29) is 11.4 Å². The number of ether oxygens (including phenoxy) is 1. The summed E-state index contributed by atoms with van der Waals surface area (Å²) in [7, 11) is 0. The van der Waals surface area contributed by atoms with Crippen molar-refractivity contribution in [3.63, 3.8) is 0 Å². The summed E-state index contributed by atoms with van der Waals surface area (Å²) in [6, 6.07) is 0. The summed E-state index contributed by atoms with van der Waals surface area (Å²) < 4.78 is 5.54. The lowest BCUT2D eigenvalue weighted by atomic mass is 9.89. The van der Waals surface area contributed by atoms with Crippen LogP contribution < -0.4 is 0 Å². The number of likely N-dealkylation sites (tertiary alicyclic amines) is 1. The van der Waals surface area contributed by atoms with Crippen LogP contribution >= 0.6 is 0 Å². The maximum Gasteiger partial charge on any atom is 0.320 e. The molecular formula is C21H37NO2. The van der Waals surface area contributed by atoms with Crippen molar-refractivity contribution in [1.82, 2.24) is 4.90 Å². The van der Waals surface area contributed by atoms with E-state index in [2.05, 4.69) is 51.7 Å². The molecule has 0 aromatic carbocycles. The molecule has 1 aliphatic rings. The Labute approximate surface area is 149 Å². The lowest BCUT2D eigenvalue weighted by Crippen LogP contribution is -2.36. The fraction of sp³-hybridized carbons (Fsp3) is 0.762. The Kier molecular flexibility index (Phi) is 9.35. The third kappa shape index (κ3) is 9.92. The minimum Gasteiger partial charge on any atom is -0.464 e. The normalized spacial score (nSPS) is 16.8. The highest BCUT2D eigenvalue weighted by Gasteiger charge is 2.21. The monoisotopic (exact) mass is 335 g/mol. The number of esters is 1. The first-order chi connectivity index (χ1) is 11.3. The molecule has 1 rings (SSSR count). The van der Waals surface area contributed by atoms with Crippen LogP contribution in [-0.2, 0) is 9.53 Å². The largest absolute Gasteiger partial charge is 0.464 e. The second-order valence-electron chi connectivity index (χ2n) is 8.24. The van der Waals surface area contributed by atoms with Gasteiger partial charge >= 0.3 is 5.97 Å². The maximum atomic E-state index is 12.0. The van der Waals surface area contributed by atoms with Gasteiger partial charge in [0.2, 0.25) is 0 Å². The van der Waals surface area contributed by atoms with E-state index in [1.54, 1.807) is 0 Å². The van der Waals surface area contributed by atoms with Crippen molar-refractivity contribution >= 4 is 5.97 Å². The molecule has 0 radical (unpaired) electrons. The fourth-order valence-electron chi connectivity index (χ4n) is 2.82. The second kappa shape index (κ2) is 10.7.